The molecule has 0 spiro atoms. The van der Waals surface area contributed by atoms with Crippen LogP contribution >= 0.6 is 0 Å². The lowest BCUT2D eigenvalue weighted by Gasteiger charge is -2.28. The lowest BCUT2D eigenvalue weighted by Crippen LogP contribution is -2.53. The minimum atomic E-state index is -1.02. The van der Waals surface area contributed by atoms with Gasteiger partial charge in [0.2, 0.25) is 5.91 Å². The number of carboxylic acids is 1. The molecule has 5 nitrogen and oxygen atoms in total. The normalized spacial score (nSPS) is 13.9. The van der Waals surface area contributed by atoms with Gasteiger partial charge in [-0.05, 0) is 26.2 Å². The Labute approximate surface area is 116 Å². The first kappa shape index (κ1) is 17.9. The molecule has 0 aliphatic carbocycles. The van der Waals surface area contributed by atoms with Gasteiger partial charge < -0.3 is 10.0 Å². The Balaban J connectivity index is 4.49. The number of hydrogen-bond acceptors (Lipinski definition) is 3. The summed E-state index contributed by atoms with van der Waals surface area (Å²) in [4.78, 5) is 25.1. The summed E-state index contributed by atoms with van der Waals surface area (Å²) in [6.45, 7) is 9.17. The zero-order valence-electron chi connectivity index (χ0n) is 12.7. The maximum atomic E-state index is 12.1. The smallest absolute Gasteiger partial charge is 0.323 e. The van der Waals surface area contributed by atoms with Crippen LogP contribution in [-0.2, 0) is 9.59 Å². The molecular weight excluding hydrogens is 244 g/mol. The molecule has 0 saturated heterocycles. The fraction of sp³-hybridized carbons (Fsp3) is 0.857. The van der Waals surface area contributed by atoms with E-state index in [1.807, 2.05) is 20.8 Å². The van der Waals surface area contributed by atoms with Gasteiger partial charge in [-0.1, -0.05) is 27.2 Å². The van der Waals surface area contributed by atoms with E-state index >= 15 is 0 Å². The van der Waals surface area contributed by atoms with Crippen molar-refractivity contribution in [1.29, 1.82) is 0 Å². The fourth-order valence-corrected chi connectivity index (χ4v) is 2.05. The minimum Gasteiger partial charge on any atom is -0.480 e. The van der Waals surface area contributed by atoms with Gasteiger partial charge in [-0.15, -0.1) is 0 Å². The van der Waals surface area contributed by atoms with Crippen molar-refractivity contribution in [2.24, 2.45) is 0 Å². The number of carbonyl (C=O) groups is 2. The standard InChI is InChI=1S/C14H28N2O3/c1-5-8-14(4,13(18)19)15-11-12(17)16(9-6-2)10-7-3/h15H,5-11H2,1-4H3,(H,18,19). The van der Waals surface area contributed by atoms with E-state index in [-0.39, 0.29) is 12.5 Å². The van der Waals surface area contributed by atoms with Crippen LogP contribution in [0.25, 0.3) is 0 Å². The highest BCUT2D eigenvalue weighted by Gasteiger charge is 2.32. The molecule has 0 aliphatic heterocycles. The third-order valence-corrected chi connectivity index (χ3v) is 3.19. The molecule has 0 radical (unpaired) electrons. The molecule has 0 heterocycles. The molecule has 0 saturated carbocycles. The van der Waals surface area contributed by atoms with Crippen LogP contribution < -0.4 is 5.32 Å². The molecule has 0 bridgehead atoms. The summed E-state index contributed by atoms with van der Waals surface area (Å²) in [5, 5.41) is 12.1. The van der Waals surface area contributed by atoms with Crippen molar-refractivity contribution >= 4 is 11.9 Å². The average Bonchev–Trinajstić information content (AvgIpc) is 2.36. The minimum absolute atomic E-state index is 0.0210. The van der Waals surface area contributed by atoms with Crippen LogP contribution in [0.2, 0.25) is 0 Å². The topological polar surface area (TPSA) is 69.6 Å². The van der Waals surface area contributed by atoms with Crippen molar-refractivity contribution in [3.05, 3.63) is 0 Å². The highest BCUT2D eigenvalue weighted by atomic mass is 16.4. The molecule has 2 N–H and O–H groups in total. The van der Waals surface area contributed by atoms with Crippen LogP contribution in [0.15, 0.2) is 0 Å². The molecule has 0 aromatic rings. The van der Waals surface area contributed by atoms with Crippen molar-refractivity contribution in [3.63, 3.8) is 0 Å². The molecule has 19 heavy (non-hydrogen) atoms. The van der Waals surface area contributed by atoms with Crippen molar-refractivity contribution in [1.82, 2.24) is 10.2 Å². The Morgan fingerprint density at radius 2 is 1.63 bits per heavy atom. The lowest BCUT2D eigenvalue weighted by atomic mass is 9.96. The van der Waals surface area contributed by atoms with E-state index in [0.717, 1.165) is 32.4 Å². The van der Waals surface area contributed by atoms with E-state index in [4.69, 9.17) is 0 Å². The van der Waals surface area contributed by atoms with Crippen LogP contribution in [0.4, 0.5) is 0 Å². The van der Waals surface area contributed by atoms with Gasteiger partial charge in [-0.25, -0.2) is 0 Å². The van der Waals surface area contributed by atoms with E-state index in [9.17, 15) is 14.7 Å². The molecule has 5 heteroatoms. The van der Waals surface area contributed by atoms with Gasteiger partial charge in [-0.2, -0.15) is 0 Å². The number of carboxylic acid groups (broad SMARTS) is 1. The molecule has 0 aliphatic rings. The van der Waals surface area contributed by atoms with E-state index in [1.165, 1.54) is 0 Å². The van der Waals surface area contributed by atoms with Gasteiger partial charge >= 0.3 is 5.97 Å². The quantitative estimate of drug-likeness (QED) is 0.637. The van der Waals surface area contributed by atoms with Crippen LogP contribution in [0.5, 0.6) is 0 Å². The van der Waals surface area contributed by atoms with E-state index < -0.39 is 11.5 Å². The molecule has 0 rings (SSSR count). The van der Waals surface area contributed by atoms with Gasteiger partial charge in [0.25, 0.3) is 0 Å². The zero-order chi connectivity index (χ0) is 14.9. The van der Waals surface area contributed by atoms with Crippen molar-refractivity contribution in [2.75, 3.05) is 19.6 Å². The number of nitrogens with one attached hydrogen (secondary N) is 1. The lowest BCUT2D eigenvalue weighted by molar-refractivity contribution is -0.145. The van der Waals surface area contributed by atoms with E-state index in [2.05, 4.69) is 5.32 Å². The average molecular weight is 272 g/mol. The van der Waals surface area contributed by atoms with Gasteiger partial charge in [0.1, 0.15) is 5.54 Å². The number of nitrogens with zero attached hydrogens (tertiary/aromatic N) is 1. The van der Waals surface area contributed by atoms with E-state index in [0.29, 0.717) is 6.42 Å². The molecule has 1 atom stereocenters. The zero-order valence-corrected chi connectivity index (χ0v) is 12.7. The van der Waals surface area contributed by atoms with E-state index in [1.54, 1.807) is 11.8 Å². The number of carbonyl (C=O) groups excluding carboxylic acids is 1. The first-order chi connectivity index (χ1) is 8.91. The van der Waals surface area contributed by atoms with Crippen LogP contribution in [0, 0.1) is 0 Å². The second-order valence-electron chi connectivity index (χ2n) is 5.12. The van der Waals surface area contributed by atoms with Gasteiger partial charge in [0.05, 0.1) is 6.54 Å². The fourth-order valence-electron chi connectivity index (χ4n) is 2.05. The number of rotatable bonds is 10. The van der Waals surface area contributed by atoms with Crippen molar-refractivity contribution in [3.8, 4) is 0 Å². The Morgan fingerprint density at radius 3 is 2.00 bits per heavy atom. The monoisotopic (exact) mass is 272 g/mol. The second-order valence-corrected chi connectivity index (χ2v) is 5.12. The summed E-state index contributed by atoms with van der Waals surface area (Å²) in [6, 6.07) is 0. The first-order valence-corrected chi connectivity index (χ1v) is 7.17. The molecule has 112 valence electrons. The highest BCUT2D eigenvalue weighted by molar-refractivity contribution is 5.82. The SMILES string of the molecule is CCCN(CCC)C(=O)CNC(C)(CCC)C(=O)O. The Bertz CT molecular complexity index is 288. The molecule has 0 fully saturated rings. The third-order valence-electron chi connectivity index (χ3n) is 3.19. The molecule has 0 aromatic heterocycles. The molecule has 1 unspecified atom stereocenters. The number of aliphatic carboxylic acids is 1. The van der Waals surface area contributed by atoms with Crippen LogP contribution in [0.1, 0.15) is 53.4 Å². The summed E-state index contributed by atoms with van der Waals surface area (Å²) >= 11 is 0. The molecular formula is C14H28N2O3. The summed E-state index contributed by atoms with van der Waals surface area (Å²) in [6.07, 6.45) is 3.10. The first-order valence-electron chi connectivity index (χ1n) is 7.17. The molecule has 0 aromatic carbocycles. The van der Waals surface area contributed by atoms with Gasteiger partial charge in [0, 0.05) is 13.1 Å². The van der Waals surface area contributed by atoms with Crippen LogP contribution in [-0.4, -0.2) is 47.1 Å². The molecule has 1 amide bonds. The maximum Gasteiger partial charge on any atom is 0.323 e. The summed E-state index contributed by atoms with van der Waals surface area (Å²) in [5.41, 5.74) is -1.02. The third kappa shape index (κ3) is 6.05. The highest BCUT2D eigenvalue weighted by Crippen LogP contribution is 2.12. The maximum absolute atomic E-state index is 12.1. The van der Waals surface area contributed by atoms with Gasteiger partial charge in [-0.3, -0.25) is 14.9 Å². The summed E-state index contributed by atoms with van der Waals surface area (Å²) in [7, 11) is 0. The summed E-state index contributed by atoms with van der Waals surface area (Å²) < 4.78 is 0. The number of amides is 1. The Hall–Kier alpha value is -1.10. The predicted molar refractivity (Wildman–Crippen MR) is 76.1 cm³/mol. The Morgan fingerprint density at radius 1 is 1.11 bits per heavy atom. The van der Waals surface area contributed by atoms with Gasteiger partial charge in [0.15, 0.2) is 0 Å². The predicted octanol–water partition coefficient (Wildman–Crippen LogP) is 1.87. The second kappa shape index (κ2) is 8.91. The Kier molecular flexibility index (Phi) is 8.39. The van der Waals surface area contributed by atoms with Crippen LogP contribution in [0.3, 0.4) is 0 Å². The van der Waals surface area contributed by atoms with Crippen molar-refractivity contribution in [2.45, 2.75) is 58.9 Å². The largest absolute Gasteiger partial charge is 0.480 e. The summed E-state index contributed by atoms with van der Waals surface area (Å²) in [5.74, 6) is -0.924. The van der Waals surface area contributed by atoms with Crippen molar-refractivity contribution < 1.29 is 14.7 Å². The number of hydrogen-bond donors (Lipinski definition) is 2.